The van der Waals surface area contributed by atoms with Gasteiger partial charge in [-0.15, -0.1) is 0 Å². The molecule has 4 nitrogen and oxygen atoms in total. The van der Waals surface area contributed by atoms with Crippen molar-refractivity contribution in [3.63, 3.8) is 0 Å². The Bertz CT molecular complexity index is 340. The van der Waals surface area contributed by atoms with Crippen LogP contribution >= 0.6 is 0 Å². The van der Waals surface area contributed by atoms with Crippen molar-refractivity contribution in [1.29, 1.82) is 0 Å². The van der Waals surface area contributed by atoms with Crippen molar-refractivity contribution < 1.29 is 14.6 Å². The largest absolute Gasteiger partial charge is 0.389 e. The molecule has 1 aromatic rings. The van der Waals surface area contributed by atoms with E-state index in [-0.39, 0.29) is 0 Å². The molecule has 1 aromatic carbocycles. The minimum atomic E-state index is -0.480. The molecule has 114 valence electrons. The maximum Gasteiger partial charge on any atom is 0.0897 e. The van der Waals surface area contributed by atoms with Crippen LogP contribution in [0.1, 0.15) is 25.0 Å². The van der Waals surface area contributed by atoms with E-state index in [2.05, 4.69) is 36.5 Å². The lowest BCUT2D eigenvalue weighted by Crippen LogP contribution is -2.30. The van der Waals surface area contributed by atoms with Gasteiger partial charge in [0.2, 0.25) is 0 Å². The minimum absolute atomic E-state index is 0.342. The van der Waals surface area contributed by atoms with Crippen LogP contribution in [0.4, 0.5) is 0 Å². The number of hydrogen-bond acceptors (Lipinski definition) is 4. The van der Waals surface area contributed by atoms with Crippen molar-refractivity contribution in [3.8, 4) is 0 Å². The maximum atomic E-state index is 9.74. The molecule has 2 N–H and O–H groups in total. The van der Waals surface area contributed by atoms with Crippen LogP contribution in [0.3, 0.4) is 0 Å². The molecular formula is C16H27NO3. The number of aryl methyl sites for hydroxylation is 1. The highest BCUT2D eigenvalue weighted by molar-refractivity contribution is 5.22. The van der Waals surface area contributed by atoms with Gasteiger partial charge in [0.05, 0.1) is 25.9 Å². The van der Waals surface area contributed by atoms with Crippen LogP contribution in [0.25, 0.3) is 0 Å². The van der Waals surface area contributed by atoms with Gasteiger partial charge in [-0.05, 0) is 24.5 Å². The molecule has 0 fully saturated rings. The number of aliphatic hydroxyl groups excluding tert-OH is 1. The average Bonchev–Trinajstić information content (AvgIpc) is 2.48. The zero-order valence-corrected chi connectivity index (χ0v) is 12.6. The predicted octanol–water partition coefficient (Wildman–Crippen LogP) is 1.75. The molecule has 4 heteroatoms. The maximum absolute atomic E-state index is 9.74. The summed E-state index contributed by atoms with van der Waals surface area (Å²) in [7, 11) is 0. The first-order chi connectivity index (χ1) is 9.76. The van der Waals surface area contributed by atoms with E-state index in [1.165, 1.54) is 11.1 Å². The summed E-state index contributed by atoms with van der Waals surface area (Å²) in [4.78, 5) is 0. The third-order valence-corrected chi connectivity index (χ3v) is 3.03. The highest BCUT2D eigenvalue weighted by atomic mass is 16.5. The molecular weight excluding hydrogens is 254 g/mol. The van der Waals surface area contributed by atoms with E-state index in [4.69, 9.17) is 9.47 Å². The second kappa shape index (κ2) is 10.8. The summed E-state index contributed by atoms with van der Waals surface area (Å²) in [5.74, 6) is 0. The van der Waals surface area contributed by atoms with Crippen LogP contribution in [-0.2, 0) is 22.4 Å². The lowest BCUT2D eigenvalue weighted by Gasteiger charge is -2.12. The van der Waals surface area contributed by atoms with Gasteiger partial charge in [0.1, 0.15) is 0 Å². The molecule has 20 heavy (non-hydrogen) atoms. The van der Waals surface area contributed by atoms with Crippen molar-refractivity contribution >= 4 is 0 Å². The number of rotatable bonds is 11. The quantitative estimate of drug-likeness (QED) is 0.607. The fourth-order valence-corrected chi connectivity index (χ4v) is 1.82. The summed E-state index contributed by atoms with van der Waals surface area (Å²) in [6, 6.07) is 8.53. The van der Waals surface area contributed by atoms with Crippen LogP contribution in [0, 0.1) is 0 Å². The predicted molar refractivity (Wildman–Crippen MR) is 80.8 cm³/mol. The second-order valence-electron chi connectivity index (χ2n) is 4.73. The molecule has 0 saturated carbocycles. The van der Waals surface area contributed by atoms with E-state index in [1.54, 1.807) is 0 Å². The van der Waals surface area contributed by atoms with Gasteiger partial charge >= 0.3 is 0 Å². The molecule has 1 atom stereocenters. The van der Waals surface area contributed by atoms with Gasteiger partial charge < -0.3 is 19.9 Å². The van der Waals surface area contributed by atoms with E-state index in [1.807, 2.05) is 6.92 Å². The van der Waals surface area contributed by atoms with Crippen molar-refractivity contribution in [3.05, 3.63) is 35.4 Å². The molecule has 0 aliphatic carbocycles. The van der Waals surface area contributed by atoms with Crippen LogP contribution in [-0.4, -0.2) is 44.2 Å². The molecule has 0 aliphatic rings. The number of nitrogens with one attached hydrogen (secondary N) is 1. The Kier molecular flexibility index (Phi) is 9.24. The SMILES string of the molecule is CCOCCOCC(O)CNCc1ccc(CC)cc1. The first kappa shape index (κ1) is 17.1. The van der Waals surface area contributed by atoms with E-state index >= 15 is 0 Å². The summed E-state index contributed by atoms with van der Waals surface area (Å²) >= 11 is 0. The number of aliphatic hydroxyl groups is 1. The van der Waals surface area contributed by atoms with Crippen LogP contribution in [0.5, 0.6) is 0 Å². The Morgan fingerprint density at radius 3 is 2.35 bits per heavy atom. The van der Waals surface area contributed by atoms with Gasteiger partial charge in [-0.25, -0.2) is 0 Å². The standard InChI is InChI=1S/C16H27NO3/c1-3-14-5-7-15(8-6-14)11-17-12-16(18)13-20-10-9-19-4-2/h5-8,16-18H,3-4,9-13H2,1-2H3. The number of hydrogen-bond donors (Lipinski definition) is 2. The van der Waals surface area contributed by atoms with Gasteiger partial charge in [0.25, 0.3) is 0 Å². The van der Waals surface area contributed by atoms with Crippen LogP contribution < -0.4 is 5.32 Å². The third kappa shape index (κ3) is 7.60. The molecule has 1 rings (SSSR count). The van der Waals surface area contributed by atoms with Crippen LogP contribution in [0.2, 0.25) is 0 Å². The average molecular weight is 281 g/mol. The molecule has 0 bridgehead atoms. The minimum Gasteiger partial charge on any atom is -0.389 e. The molecule has 0 spiro atoms. The Labute approximate surface area is 122 Å². The zero-order valence-electron chi connectivity index (χ0n) is 12.6. The topological polar surface area (TPSA) is 50.7 Å². The van der Waals surface area contributed by atoms with Gasteiger partial charge in [0.15, 0.2) is 0 Å². The summed E-state index contributed by atoms with van der Waals surface area (Å²) < 4.78 is 10.5. The first-order valence-electron chi connectivity index (χ1n) is 7.38. The monoisotopic (exact) mass is 281 g/mol. The van der Waals surface area contributed by atoms with Gasteiger partial charge in [-0.1, -0.05) is 31.2 Å². The first-order valence-corrected chi connectivity index (χ1v) is 7.38. The highest BCUT2D eigenvalue weighted by Gasteiger charge is 2.03. The second-order valence-corrected chi connectivity index (χ2v) is 4.73. The fraction of sp³-hybridized carbons (Fsp3) is 0.625. The number of ether oxygens (including phenoxy) is 2. The van der Waals surface area contributed by atoms with Crippen molar-refractivity contribution in [2.24, 2.45) is 0 Å². The summed E-state index contributed by atoms with van der Waals surface area (Å²) in [5.41, 5.74) is 2.57. The van der Waals surface area contributed by atoms with Gasteiger partial charge in [-0.2, -0.15) is 0 Å². The third-order valence-electron chi connectivity index (χ3n) is 3.03. The summed E-state index contributed by atoms with van der Waals surface area (Å²) in [6.45, 7) is 7.55. The van der Waals surface area contributed by atoms with E-state index in [9.17, 15) is 5.11 Å². The zero-order chi connectivity index (χ0) is 14.6. The van der Waals surface area contributed by atoms with Crippen molar-refractivity contribution in [1.82, 2.24) is 5.32 Å². The normalized spacial score (nSPS) is 12.6. The van der Waals surface area contributed by atoms with E-state index in [0.29, 0.717) is 33.0 Å². The summed E-state index contributed by atoms with van der Waals surface area (Å²) in [5, 5.41) is 13.0. The Morgan fingerprint density at radius 1 is 1.05 bits per heavy atom. The lowest BCUT2D eigenvalue weighted by atomic mass is 10.1. The van der Waals surface area contributed by atoms with Crippen molar-refractivity contribution in [2.75, 3.05) is 33.0 Å². The van der Waals surface area contributed by atoms with Crippen molar-refractivity contribution in [2.45, 2.75) is 32.9 Å². The number of benzene rings is 1. The Balaban J connectivity index is 2.07. The Hall–Kier alpha value is -0.940. The molecule has 0 aliphatic heterocycles. The molecule has 0 heterocycles. The van der Waals surface area contributed by atoms with Gasteiger partial charge in [-0.3, -0.25) is 0 Å². The molecule has 0 amide bonds. The van der Waals surface area contributed by atoms with Gasteiger partial charge in [0, 0.05) is 19.7 Å². The molecule has 0 radical (unpaired) electrons. The highest BCUT2D eigenvalue weighted by Crippen LogP contribution is 2.04. The van der Waals surface area contributed by atoms with E-state index < -0.39 is 6.10 Å². The fourth-order valence-electron chi connectivity index (χ4n) is 1.82. The molecule has 0 aromatic heterocycles. The Morgan fingerprint density at radius 2 is 1.70 bits per heavy atom. The summed E-state index contributed by atoms with van der Waals surface area (Å²) in [6.07, 6.45) is 0.581. The smallest absolute Gasteiger partial charge is 0.0897 e. The molecule has 1 unspecified atom stereocenters. The lowest BCUT2D eigenvalue weighted by molar-refractivity contribution is 0.00643. The van der Waals surface area contributed by atoms with Crippen LogP contribution in [0.15, 0.2) is 24.3 Å². The molecule has 0 saturated heterocycles. The van der Waals surface area contributed by atoms with E-state index in [0.717, 1.165) is 13.0 Å².